The number of benzene rings is 2. The number of carbonyl (C=O) groups is 1. The molecule has 0 aliphatic heterocycles. The molecule has 0 heterocycles. The summed E-state index contributed by atoms with van der Waals surface area (Å²) in [5.74, 6) is 0.298. The monoisotopic (exact) mass is 256 g/mol. The molecule has 0 aliphatic carbocycles. The third-order valence-electron chi connectivity index (χ3n) is 2.73. The van der Waals surface area contributed by atoms with E-state index in [0.717, 1.165) is 12.0 Å². The molecule has 0 aliphatic rings. The molecule has 3 nitrogen and oxygen atoms in total. The number of esters is 1. The van der Waals surface area contributed by atoms with Crippen molar-refractivity contribution in [3.05, 3.63) is 65.7 Å². The van der Waals surface area contributed by atoms with Crippen molar-refractivity contribution in [2.24, 2.45) is 0 Å². The lowest BCUT2D eigenvalue weighted by molar-refractivity contribution is -0.142. The van der Waals surface area contributed by atoms with Crippen molar-refractivity contribution in [1.82, 2.24) is 0 Å². The van der Waals surface area contributed by atoms with Crippen LogP contribution in [0.5, 0.6) is 5.75 Å². The zero-order chi connectivity index (χ0) is 13.5. The SMILES string of the molecule is COC(=O)COc1cccc(Cc2ccccc2)c1. The minimum atomic E-state index is -0.381. The van der Waals surface area contributed by atoms with Gasteiger partial charge < -0.3 is 9.47 Å². The summed E-state index contributed by atoms with van der Waals surface area (Å²) in [7, 11) is 1.34. The van der Waals surface area contributed by atoms with Crippen molar-refractivity contribution in [2.45, 2.75) is 6.42 Å². The maximum absolute atomic E-state index is 11.0. The van der Waals surface area contributed by atoms with Gasteiger partial charge in [0.05, 0.1) is 7.11 Å². The van der Waals surface area contributed by atoms with E-state index in [9.17, 15) is 4.79 Å². The fraction of sp³-hybridized carbons (Fsp3) is 0.188. The molecule has 98 valence electrons. The largest absolute Gasteiger partial charge is 0.482 e. The van der Waals surface area contributed by atoms with Crippen molar-refractivity contribution in [2.75, 3.05) is 13.7 Å². The van der Waals surface area contributed by atoms with Gasteiger partial charge in [0, 0.05) is 0 Å². The Labute approximate surface area is 112 Å². The zero-order valence-corrected chi connectivity index (χ0v) is 10.8. The minimum Gasteiger partial charge on any atom is -0.482 e. The zero-order valence-electron chi connectivity index (χ0n) is 10.8. The number of methoxy groups -OCH3 is 1. The minimum absolute atomic E-state index is 0.0642. The Bertz CT molecular complexity index is 535. The average molecular weight is 256 g/mol. The Morgan fingerprint density at radius 2 is 1.74 bits per heavy atom. The number of rotatable bonds is 5. The highest BCUT2D eigenvalue weighted by Gasteiger charge is 2.03. The second kappa shape index (κ2) is 6.59. The first-order chi connectivity index (χ1) is 9.28. The van der Waals surface area contributed by atoms with Crippen molar-refractivity contribution >= 4 is 5.97 Å². The number of hydrogen-bond donors (Lipinski definition) is 0. The van der Waals surface area contributed by atoms with E-state index in [0.29, 0.717) is 5.75 Å². The van der Waals surface area contributed by atoms with Crippen molar-refractivity contribution < 1.29 is 14.3 Å². The van der Waals surface area contributed by atoms with Crippen LogP contribution in [-0.4, -0.2) is 19.7 Å². The topological polar surface area (TPSA) is 35.5 Å². The van der Waals surface area contributed by atoms with Gasteiger partial charge in [-0.15, -0.1) is 0 Å². The molecule has 3 heteroatoms. The quantitative estimate of drug-likeness (QED) is 0.772. The lowest BCUT2D eigenvalue weighted by Gasteiger charge is -2.07. The predicted molar refractivity (Wildman–Crippen MR) is 73.2 cm³/mol. The Kier molecular flexibility index (Phi) is 4.56. The molecule has 2 aromatic rings. The van der Waals surface area contributed by atoms with Gasteiger partial charge >= 0.3 is 5.97 Å². The van der Waals surface area contributed by atoms with Crippen LogP contribution in [0.2, 0.25) is 0 Å². The first-order valence-electron chi connectivity index (χ1n) is 6.10. The summed E-state index contributed by atoms with van der Waals surface area (Å²) in [6.45, 7) is -0.0642. The third kappa shape index (κ3) is 4.14. The summed E-state index contributed by atoms with van der Waals surface area (Å²) in [5, 5.41) is 0. The maximum atomic E-state index is 11.0. The van der Waals surface area contributed by atoms with Gasteiger partial charge in [-0.1, -0.05) is 42.5 Å². The predicted octanol–water partition coefficient (Wildman–Crippen LogP) is 2.83. The van der Waals surface area contributed by atoms with Gasteiger partial charge in [-0.05, 0) is 29.7 Å². The summed E-state index contributed by atoms with van der Waals surface area (Å²) in [5.41, 5.74) is 2.39. The first kappa shape index (κ1) is 13.1. The van der Waals surface area contributed by atoms with E-state index in [1.54, 1.807) is 0 Å². The van der Waals surface area contributed by atoms with Gasteiger partial charge in [0.25, 0.3) is 0 Å². The van der Waals surface area contributed by atoms with E-state index in [4.69, 9.17) is 4.74 Å². The Balaban J connectivity index is 2.01. The molecule has 2 aromatic carbocycles. The molecule has 0 fully saturated rings. The van der Waals surface area contributed by atoms with Crippen LogP contribution >= 0.6 is 0 Å². The van der Waals surface area contributed by atoms with Gasteiger partial charge in [0.15, 0.2) is 6.61 Å². The van der Waals surface area contributed by atoms with E-state index < -0.39 is 0 Å². The normalized spacial score (nSPS) is 9.95. The molecule has 0 atom stereocenters. The second-order valence-corrected chi connectivity index (χ2v) is 4.17. The molecule has 0 unspecified atom stereocenters. The molecule has 0 aromatic heterocycles. The Hall–Kier alpha value is -2.29. The Morgan fingerprint density at radius 3 is 2.47 bits per heavy atom. The molecule has 0 amide bonds. The molecule has 0 N–H and O–H groups in total. The van der Waals surface area contributed by atoms with E-state index >= 15 is 0 Å². The standard InChI is InChI=1S/C16H16O3/c1-18-16(17)12-19-15-9-5-8-14(11-15)10-13-6-3-2-4-7-13/h2-9,11H,10,12H2,1H3. The lowest BCUT2D eigenvalue weighted by Crippen LogP contribution is -2.12. The molecule has 2 rings (SSSR count). The summed E-state index contributed by atoms with van der Waals surface area (Å²) in [6.07, 6.45) is 0.844. The highest BCUT2D eigenvalue weighted by atomic mass is 16.6. The van der Waals surface area contributed by atoms with E-state index in [2.05, 4.69) is 16.9 Å². The molecule has 0 bridgehead atoms. The van der Waals surface area contributed by atoms with E-state index in [1.807, 2.05) is 42.5 Å². The third-order valence-corrected chi connectivity index (χ3v) is 2.73. The van der Waals surface area contributed by atoms with Gasteiger partial charge in [-0.2, -0.15) is 0 Å². The van der Waals surface area contributed by atoms with Crippen LogP contribution < -0.4 is 4.74 Å². The summed E-state index contributed by atoms with van der Waals surface area (Å²) >= 11 is 0. The molecule has 0 saturated carbocycles. The van der Waals surface area contributed by atoms with Crippen molar-refractivity contribution in [3.8, 4) is 5.75 Å². The molecular formula is C16H16O3. The summed E-state index contributed by atoms with van der Waals surface area (Å²) < 4.78 is 9.90. The van der Waals surface area contributed by atoms with Gasteiger partial charge in [-0.25, -0.2) is 4.79 Å². The maximum Gasteiger partial charge on any atom is 0.343 e. The van der Waals surface area contributed by atoms with Crippen LogP contribution in [0.25, 0.3) is 0 Å². The number of hydrogen-bond acceptors (Lipinski definition) is 3. The summed E-state index contributed by atoms with van der Waals surface area (Å²) in [6, 6.07) is 17.9. The smallest absolute Gasteiger partial charge is 0.343 e. The van der Waals surface area contributed by atoms with Crippen LogP contribution in [0.3, 0.4) is 0 Å². The molecule has 0 saturated heterocycles. The molecule has 0 spiro atoms. The molecule has 19 heavy (non-hydrogen) atoms. The van der Waals surface area contributed by atoms with Crippen LogP contribution in [0.1, 0.15) is 11.1 Å². The highest BCUT2D eigenvalue weighted by Crippen LogP contribution is 2.16. The molecule has 0 radical (unpaired) electrons. The van der Waals surface area contributed by atoms with Crippen LogP contribution in [0, 0.1) is 0 Å². The fourth-order valence-corrected chi connectivity index (χ4v) is 1.78. The van der Waals surface area contributed by atoms with E-state index in [1.165, 1.54) is 12.7 Å². The van der Waals surface area contributed by atoms with Crippen LogP contribution in [0.4, 0.5) is 0 Å². The average Bonchev–Trinajstić information content (AvgIpc) is 2.46. The molecular weight excluding hydrogens is 240 g/mol. The Morgan fingerprint density at radius 1 is 1.00 bits per heavy atom. The van der Waals surface area contributed by atoms with Gasteiger partial charge in [0.2, 0.25) is 0 Å². The first-order valence-corrected chi connectivity index (χ1v) is 6.10. The van der Waals surface area contributed by atoms with Crippen LogP contribution in [-0.2, 0) is 16.0 Å². The fourth-order valence-electron chi connectivity index (χ4n) is 1.78. The van der Waals surface area contributed by atoms with Crippen molar-refractivity contribution in [3.63, 3.8) is 0 Å². The van der Waals surface area contributed by atoms with Crippen LogP contribution in [0.15, 0.2) is 54.6 Å². The highest BCUT2D eigenvalue weighted by molar-refractivity contribution is 5.70. The number of carbonyl (C=O) groups excluding carboxylic acids is 1. The van der Waals surface area contributed by atoms with E-state index in [-0.39, 0.29) is 12.6 Å². The van der Waals surface area contributed by atoms with Gasteiger partial charge in [-0.3, -0.25) is 0 Å². The second-order valence-electron chi connectivity index (χ2n) is 4.17. The lowest BCUT2D eigenvalue weighted by atomic mass is 10.1. The number of ether oxygens (including phenoxy) is 2. The van der Waals surface area contributed by atoms with Crippen molar-refractivity contribution in [1.29, 1.82) is 0 Å². The summed E-state index contributed by atoms with van der Waals surface area (Å²) in [4.78, 5) is 11.0. The van der Waals surface area contributed by atoms with Gasteiger partial charge in [0.1, 0.15) is 5.75 Å².